The highest BCUT2D eigenvalue weighted by Gasteiger charge is 2.30. The van der Waals surface area contributed by atoms with E-state index in [0.29, 0.717) is 0 Å². The van der Waals surface area contributed by atoms with Crippen LogP contribution in [0, 0.1) is 114 Å². The third-order valence-corrected chi connectivity index (χ3v) is 4.41. The van der Waals surface area contributed by atoms with Crippen molar-refractivity contribution >= 4 is 11.1 Å². The maximum absolute atomic E-state index is 14.7. The smallest absolute Gasteiger partial charge is 0.180 e. The second-order valence-electron chi connectivity index (χ2n) is 5.90. The van der Waals surface area contributed by atoms with Gasteiger partial charge in [-0.1, -0.05) is 0 Å². The Balaban J connectivity index is 3.62. The molecule has 0 unspecified atom stereocenters. The van der Waals surface area contributed by atoms with Crippen molar-refractivity contribution in [2.75, 3.05) is 0 Å². The predicted molar refractivity (Wildman–Crippen MR) is 98.3 cm³/mol. The van der Waals surface area contributed by atoms with Crippen molar-refractivity contribution in [3.8, 4) is 48.6 Å². The third-order valence-electron chi connectivity index (χ3n) is 4.41. The van der Waals surface area contributed by atoms with Crippen LogP contribution < -0.4 is 10.4 Å². The van der Waals surface area contributed by atoms with Crippen molar-refractivity contribution < 1.29 is 17.6 Å². The first-order valence-corrected chi connectivity index (χ1v) is 8.29. The number of benzene rings is 2. The molecule has 0 atom stereocenters. The Morgan fingerprint density at radius 3 is 1.09 bits per heavy atom. The molecule has 0 aliphatic heterocycles. The van der Waals surface area contributed by atoms with Gasteiger partial charge in [-0.3, -0.25) is 0 Å². The minimum absolute atomic E-state index is 0.748. The second kappa shape index (κ2) is 9.31. The largest absolute Gasteiger partial charge is 0.203 e. The van der Waals surface area contributed by atoms with E-state index in [4.69, 9.17) is 5.26 Å². The predicted octanol–water partition coefficient (Wildman–Crippen LogP) is 1.52. The van der Waals surface area contributed by atoms with Crippen molar-refractivity contribution in [1.82, 2.24) is 0 Å². The molecule has 2 aromatic rings. The molecule has 0 fully saturated rings. The summed E-state index contributed by atoms with van der Waals surface area (Å²) in [7, 11) is 0. The molecule has 12 heteroatoms. The van der Waals surface area contributed by atoms with Crippen LogP contribution in [0.5, 0.6) is 0 Å². The molecule has 2 aromatic carbocycles. The van der Waals surface area contributed by atoms with Crippen LogP contribution >= 0.6 is 0 Å². The molecular formula is C22F4N8. The zero-order valence-corrected chi connectivity index (χ0v) is 16.1. The van der Waals surface area contributed by atoms with Gasteiger partial charge < -0.3 is 0 Å². The summed E-state index contributed by atoms with van der Waals surface area (Å²) in [5.74, 6) is -8.80. The Labute approximate surface area is 187 Å². The van der Waals surface area contributed by atoms with Gasteiger partial charge >= 0.3 is 0 Å². The highest BCUT2D eigenvalue weighted by Crippen LogP contribution is 2.28. The minimum atomic E-state index is -2.22. The quantitative estimate of drug-likeness (QED) is 0.459. The second-order valence-corrected chi connectivity index (χ2v) is 5.90. The molecule has 2 rings (SSSR count). The van der Waals surface area contributed by atoms with Crippen LogP contribution in [0.15, 0.2) is 0 Å². The fourth-order valence-electron chi connectivity index (χ4n) is 3.02. The Morgan fingerprint density at radius 2 is 0.794 bits per heavy atom. The number of nitrogens with zero attached hydrogens (tertiary/aromatic N) is 8. The van der Waals surface area contributed by atoms with Crippen LogP contribution in [0.4, 0.5) is 17.6 Å². The first-order chi connectivity index (χ1) is 16.2. The van der Waals surface area contributed by atoms with Crippen molar-refractivity contribution in [2.45, 2.75) is 0 Å². The van der Waals surface area contributed by atoms with Crippen LogP contribution in [0.25, 0.3) is 11.1 Å². The Morgan fingerprint density at radius 1 is 0.441 bits per heavy atom. The van der Waals surface area contributed by atoms with Crippen LogP contribution in [0.2, 0.25) is 0 Å². The molecule has 0 heterocycles. The lowest BCUT2D eigenvalue weighted by molar-refractivity contribution is 0.447. The normalized spacial score (nSPS) is 8.94. The molecule has 0 N–H and O–H groups in total. The van der Waals surface area contributed by atoms with Gasteiger partial charge in [-0.25, -0.2) is 17.6 Å². The molecule has 0 saturated carbocycles. The van der Waals surface area contributed by atoms with E-state index in [1.54, 1.807) is 0 Å². The van der Waals surface area contributed by atoms with Crippen LogP contribution in [-0.2, 0) is 0 Å². The molecule has 0 aliphatic carbocycles. The van der Waals surface area contributed by atoms with Crippen molar-refractivity contribution in [3.63, 3.8) is 0 Å². The molecule has 0 spiro atoms. The maximum Gasteiger partial charge on any atom is 0.180 e. The lowest BCUT2D eigenvalue weighted by atomic mass is 9.88. The summed E-state index contributed by atoms with van der Waals surface area (Å²) in [6, 6.07) is 10.5. The standard InChI is InChI=1S/C22F4N8/c23-19-15(8-34)20(24)22(26)18(21(19)25)14(7-33)17-12(5-31)10(3-29)16(9(1-27)2-28)11(4-30)13(17)6-32. The first-order valence-electron chi connectivity index (χ1n) is 8.29. The number of hydrogen-bond acceptors (Lipinski definition) is 8. The van der Waals surface area contributed by atoms with Crippen LogP contribution in [0.1, 0.15) is 33.4 Å². The van der Waals surface area contributed by atoms with Gasteiger partial charge in [0.1, 0.15) is 59.7 Å². The molecule has 0 amide bonds. The Bertz CT molecular complexity index is 1680. The minimum Gasteiger partial charge on any atom is -0.203 e. The van der Waals surface area contributed by atoms with Gasteiger partial charge in [-0.05, 0) is 0 Å². The molecule has 0 radical (unpaired) electrons. The molecule has 0 aromatic heterocycles. The molecule has 0 aliphatic rings. The third kappa shape index (κ3) is 3.26. The lowest BCUT2D eigenvalue weighted by Crippen LogP contribution is -2.30. The van der Waals surface area contributed by atoms with Gasteiger partial charge in [0.25, 0.3) is 0 Å². The summed E-state index contributed by atoms with van der Waals surface area (Å²) in [6.45, 7) is 0. The highest BCUT2D eigenvalue weighted by molar-refractivity contribution is 5.84. The summed E-state index contributed by atoms with van der Waals surface area (Å²) >= 11 is 0. The SMILES string of the molecule is N#CC(C#N)=c1c(C#N)c(C#N)c(=C(C#N)c2c(F)c(F)c(C#N)c(F)c2F)c(C#N)c1C#N. The lowest BCUT2D eigenvalue weighted by Gasteiger charge is -2.11. The van der Waals surface area contributed by atoms with E-state index in [2.05, 4.69) is 0 Å². The Kier molecular flexibility index (Phi) is 6.60. The van der Waals surface area contributed by atoms with E-state index in [1.165, 1.54) is 42.5 Å². The van der Waals surface area contributed by atoms with Crippen LogP contribution in [-0.4, -0.2) is 0 Å². The average molecular weight is 452 g/mol. The zero-order chi connectivity index (χ0) is 25.7. The zero-order valence-electron chi connectivity index (χ0n) is 16.1. The molecular weight excluding hydrogens is 452 g/mol. The maximum atomic E-state index is 14.7. The molecule has 34 heavy (non-hydrogen) atoms. The number of nitriles is 8. The number of hydrogen-bond donors (Lipinski definition) is 0. The molecule has 0 bridgehead atoms. The number of rotatable bonds is 1. The topological polar surface area (TPSA) is 190 Å². The van der Waals surface area contributed by atoms with Gasteiger partial charge in [-0.15, -0.1) is 0 Å². The summed E-state index contributed by atoms with van der Waals surface area (Å²) in [5, 5.41) is 73.2. The van der Waals surface area contributed by atoms with E-state index < -0.39 is 78.2 Å². The molecule has 156 valence electrons. The average Bonchev–Trinajstić information content (AvgIpc) is 2.85. The number of halogens is 4. The Hall–Kier alpha value is -6.18. The van der Waals surface area contributed by atoms with Gasteiger partial charge in [0, 0.05) is 10.4 Å². The fourth-order valence-corrected chi connectivity index (χ4v) is 3.02. The van der Waals surface area contributed by atoms with E-state index in [1.807, 2.05) is 0 Å². The van der Waals surface area contributed by atoms with Gasteiger partial charge in [-0.2, -0.15) is 42.1 Å². The molecule has 0 saturated heterocycles. The van der Waals surface area contributed by atoms with E-state index >= 15 is 0 Å². The first kappa shape index (κ1) is 24.1. The molecule has 8 nitrogen and oxygen atoms in total. The van der Waals surface area contributed by atoms with Gasteiger partial charge in [0.15, 0.2) is 23.3 Å². The highest BCUT2D eigenvalue weighted by atomic mass is 19.2. The summed E-state index contributed by atoms with van der Waals surface area (Å²) in [4.78, 5) is 0. The van der Waals surface area contributed by atoms with Gasteiger partial charge in [0.05, 0.1) is 33.4 Å². The van der Waals surface area contributed by atoms with E-state index in [9.17, 15) is 54.4 Å². The summed E-state index contributed by atoms with van der Waals surface area (Å²) in [5.41, 5.74) is -9.31. The van der Waals surface area contributed by atoms with E-state index in [-0.39, 0.29) is 0 Å². The summed E-state index contributed by atoms with van der Waals surface area (Å²) < 4.78 is 57.7. The van der Waals surface area contributed by atoms with Crippen molar-refractivity contribution in [2.24, 2.45) is 0 Å². The van der Waals surface area contributed by atoms with Crippen molar-refractivity contribution in [3.05, 3.63) is 67.1 Å². The van der Waals surface area contributed by atoms with Crippen molar-refractivity contribution in [1.29, 1.82) is 42.1 Å². The summed E-state index contributed by atoms with van der Waals surface area (Å²) in [6.07, 6.45) is 0. The monoisotopic (exact) mass is 452 g/mol. The fraction of sp³-hybridized carbons (Fsp3) is 0. The van der Waals surface area contributed by atoms with Crippen LogP contribution in [0.3, 0.4) is 0 Å². The van der Waals surface area contributed by atoms with Gasteiger partial charge in [0.2, 0.25) is 0 Å². The van der Waals surface area contributed by atoms with E-state index in [0.717, 1.165) is 6.07 Å².